The third-order valence-electron chi connectivity index (χ3n) is 3.60. The molecule has 0 rings (SSSR count). The molecular formula is C19H33N2O6+. The lowest BCUT2D eigenvalue weighted by molar-refractivity contribution is -0.147. The van der Waals surface area contributed by atoms with E-state index in [1.807, 2.05) is 13.8 Å². The van der Waals surface area contributed by atoms with Crippen molar-refractivity contribution in [3.8, 4) is 0 Å². The lowest BCUT2D eigenvalue weighted by Crippen LogP contribution is -2.37. The predicted octanol–water partition coefficient (Wildman–Crippen LogP) is 0.690. The Hall–Kier alpha value is -2.22. The topological polar surface area (TPSA) is 117 Å². The molecule has 0 aliphatic rings. The molecule has 8 nitrogen and oxygen atoms in total. The summed E-state index contributed by atoms with van der Waals surface area (Å²) in [5.74, 6) is -0.760. The molecule has 0 atom stereocenters. The van der Waals surface area contributed by atoms with Gasteiger partial charge < -0.3 is 19.5 Å². The van der Waals surface area contributed by atoms with E-state index in [4.69, 9.17) is 19.6 Å². The molecule has 0 unspecified atom stereocenters. The second-order valence-corrected chi connectivity index (χ2v) is 6.19. The molecule has 0 radical (unpaired) electrons. The van der Waals surface area contributed by atoms with Crippen LogP contribution in [0.15, 0.2) is 11.3 Å². The second-order valence-electron chi connectivity index (χ2n) is 6.19. The van der Waals surface area contributed by atoms with E-state index in [0.29, 0.717) is 25.0 Å². The summed E-state index contributed by atoms with van der Waals surface area (Å²) < 4.78 is 15.3. The number of carbonyl (C=O) groups is 3. The minimum Gasteiger partial charge on any atom is -0.463 e. The lowest BCUT2D eigenvalue weighted by atomic mass is 10.1. The summed E-state index contributed by atoms with van der Waals surface area (Å²) >= 11 is 0. The smallest absolute Gasteiger partial charge is 0.306 e. The predicted molar refractivity (Wildman–Crippen MR) is 101 cm³/mol. The van der Waals surface area contributed by atoms with Gasteiger partial charge in [0.25, 0.3) is 0 Å². The maximum absolute atomic E-state index is 11.7. The van der Waals surface area contributed by atoms with E-state index in [0.717, 1.165) is 11.3 Å². The van der Waals surface area contributed by atoms with Crippen LogP contribution in [0.2, 0.25) is 0 Å². The standard InChI is InChI=1S/C19H32N2O6/c1-5-17(21-16(4)22)14(2)6-8-18(23)26-12-10-25-11-13-27-19(24)9-7-15(3)20/h20H,5-13H2,1-4H3,(H,21,22)/p+1/b17-14+,20-15?. The van der Waals surface area contributed by atoms with Gasteiger partial charge in [-0.3, -0.25) is 19.8 Å². The highest BCUT2D eigenvalue weighted by atomic mass is 16.6. The normalized spacial score (nSPS) is 11.4. The molecule has 0 saturated heterocycles. The van der Waals surface area contributed by atoms with Crippen LogP contribution >= 0.6 is 0 Å². The van der Waals surface area contributed by atoms with Crippen LogP contribution in [0.1, 0.15) is 59.8 Å². The van der Waals surface area contributed by atoms with Gasteiger partial charge in [-0.15, -0.1) is 0 Å². The largest absolute Gasteiger partial charge is 0.463 e. The van der Waals surface area contributed by atoms with Crippen molar-refractivity contribution in [2.45, 2.75) is 59.8 Å². The van der Waals surface area contributed by atoms with Crippen molar-refractivity contribution in [2.24, 2.45) is 0 Å². The number of carbonyl (C=O) groups excluding carboxylic acids is 3. The van der Waals surface area contributed by atoms with Gasteiger partial charge in [0.15, 0.2) is 0 Å². The zero-order valence-corrected chi connectivity index (χ0v) is 16.9. The van der Waals surface area contributed by atoms with Crippen molar-refractivity contribution >= 4 is 23.6 Å². The second kappa shape index (κ2) is 14.9. The number of nitrogens with two attached hydrogens (primary N) is 1. The van der Waals surface area contributed by atoms with Crippen LogP contribution in [0.5, 0.6) is 0 Å². The van der Waals surface area contributed by atoms with Crippen molar-refractivity contribution in [2.75, 3.05) is 26.4 Å². The molecular weight excluding hydrogens is 352 g/mol. The average Bonchev–Trinajstić information content (AvgIpc) is 2.61. The quantitative estimate of drug-likeness (QED) is 0.258. The molecule has 0 bridgehead atoms. The summed E-state index contributed by atoms with van der Waals surface area (Å²) in [5.41, 5.74) is 2.49. The first-order valence-electron chi connectivity index (χ1n) is 9.19. The van der Waals surface area contributed by atoms with Gasteiger partial charge in [-0.25, -0.2) is 0 Å². The molecule has 27 heavy (non-hydrogen) atoms. The fourth-order valence-corrected chi connectivity index (χ4v) is 2.12. The Morgan fingerprint density at radius 3 is 1.78 bits per heavy atom. The Bertz CT molecular complexity index is 542. The molecule has 0 aliphatic heterocycles. The zero-order chi connectivity index (χ0) is 20.7. The van der Waals surface area contributed by atoms with Crippen molar-refractivity contribution in [1.29, 1.82) is 0 Å². The van der Waals surface area contributed by atoms with Gasteiger partial charge in [-0.05, 0) is 19.8 Å². The highest BCUT2D eigenvalue weighted by molar-refractivity contribution is 5.80. The van der Waals surface area contributed by atoms with E-state index in [1.165, 1.54) is 6.92 Å². The summed E-state index contributed by atoms with van der Waals surface area (Å²) in [4.78, 5) is 34.2. The zero-order valence-electron chi connectivity index (χ0n) is 16.9. The maximum Gasteiger partial charge on any atom is 0.306 e. The van der Waals surface area contributed by atoms with Gasteiger partial charge in [0.2, 0.25) is 5.91 Å². The van der Waals surface area contributed by atoms with Gasteiger partial charge in [-0.1, -0.05) is 12.5 Å². The molecule has 0 aliphatic carbocycles. The van der Waals surface area contributed by atoms with Crippen LogP contribution in [0, 0.1) is 0 Å². The number of amides is 1. The van der Waals surface area contributed by atoms with Crippen molar-refractivity contribution < 1.29 is 34.0 Å². The van der Waals surface area contributed by atoms with Crippen molar-refractivity contribution in [1.82, 2.24) is 5.32 Å². The molecule has 0 aromatic heterocycles. The number of hydrogen-bond donors (Lipinski definition) is 2. The summed E-state index contributed by atoms with van der Waals surface area (Å²) in [6.07, 6.45) is 2.23. The Morgan fingerprint density at radius 2 is 1.33 bits per heavy atom. The monoisotopic (exact) mass is 385 g/mol. The molecule has 0 saturated carbocycles. The third kappa shape index (κ3) is 14.6. The Morgan fingerprint density at radius 1 is 0.815 bits per heavy atom. The van der Waals surface area contributed by atoms with Gasteiger partial charge in [0.05, 0.1) is 19.6 Å². The van der Waals surface area contributed by atoms with Crippen molar-refractivity contribution in [3.05, 3.63) is 11.3 Å². The van der Waals surface area contributed by atoms with Gasteiger partial charge >= 0.3 is 11.9 Å². The summed E-state index contributed by atoms with van der Waals surface area (Å²) in [7, 11) is 0. The van der Waals surface area contributed by atoms with Crippen LogP contribution < -0.4 is 10.7 Å². The van der Waals surface area contributed by atoms with Crippen LogP contribution in [-0.4, -0.2) is 50.0 Å². The Balaban J connectivity index is 3.77. The molecule has 0 fully saturated rings. The molecule has 0 aromatic rings. The summed E-state index contributed by atoms with van der Waals surface area (Å²) in [6.45, 7) is 7.82. The number of esters is 2. The molecule has 0 aromatic carbocycles. The molecule has 1 amide bonds. The SMILES string of the molecule is CC/C(NC(C)=O)=C(/C)CCC(=O)OCCOCCOC(=O)CCC(C)=[NH2+]. The number of allylic oxidation sites excluding steroid dienone is 2. The summed E-state index contributed by atoms with van der Waals surface area (Å²) in [5, 5.41) is 8.25. The van der Waals surface area contributed by atoms with Gasteiger partial charge in [0, 0.05) is 32.4 Å². The van der Waals surface area contributed by atoms with E-state index >= 15 is 0 Å². The van der Waals surface area contributed by atoms with Gasteiger partial charge in [-0.2, -0.15) is 0 Å². The van der Waals surface area contributed by atoms with Crippen LogP contribution in [0.4, 0.5) is 0 Å². The number of ether oxygens (including phenoxy) is 3. The number of rotatable bonds is 14. The van der Waals surface area contributed by atoms with Crippen LogP contribution in [0.25, 0.3) is 0 Å². The number of nitrogens with one attached hydrogen (secondary N) is 1. The third-order valence-corrected chi connectivity index (χ3v) is 3.60. The highest BCUT2D eigenvalue weighted by Crippen LogP contribution is 2.12. The maximum atomic E-state index is 11.7. The lowest BCUT2D eigenvalue weighted by Gasteiger charge is -2.11. The first-order valence-corrected chi connectivity index (χ1v) is 9.19. The summed E-state index contributed by atoms with van der Waals surface area (Å²) in [6, 6.07) is 0. The first kappa shape index (κ1) is 24.8. The van der Waals surface area contributed by atoms with E-state index in [2.05, 4.69) is 5.32 Å². The molecule has 154 valence electrons. The van der Waals surface area contributed by atoms with E-state index < -0.39 is 0 Å². The van der Waals surface area contributed by atoms with Crippen LogP contribution in [-0.2, 0) is 28.6 Å². The fourth-order valence-electron chi connectivity index (χ4n) is 2.12. The average molecular weight is 385 g/mol. The Labute approximate surface area is 161 Å². The highest BCUT2D eigenvalue weighted by Gasteiger charge is 2.08. The Kier molecular flexibility index (Phi) is 13.7. The van der Waals surface area contributed by atoms with E-state index in [-0.39, 0.29) is 57.1 Å². The van der Waals surface area contributed by atoms with E-state index in [9.17, 15) is 14.4 Å². The first-order chi connectivity index (χ1) is 12.8. The molecule has 0 heterocycles. The van der Waals surface area contributed by atoms with E-state index in [1.54, 1.807) is 6.92 Å². The van der Waals surface area contributed by atoms with Crippen molar-refractivity contribution in [3.63, 3.8) is 0 Å². The molecule has 3 N–H and O–H groups in total. The van der Waals surface area contributed by atoms with Crippen LogP contribution in [0.3, 0.4) is 0 Å². The number of hydrogen-bond acceptors (Lipinski definition) is 6. The minimum absolute atomic E-state index is 0.121. The van der Waals surface area contributed by atoms with Gasteiger partial charge in [0.1, 0.15) is 18.9 Å². The fraction of sp³-hybridized carbons (Fsp3) is 0.684. The molecule has 0 spiro atoms. The molecule has 8 heteroatoms. The minimum atomic E-state index is -0.323.